The summed E-state index contributed by atoms with van der Waals surface area (Å²) in [6, 6.07) is 0. The number of hydrogen-bond donors (Lipinski definition) is 0. The first-order chi connectivity index (χ1) is 8.35. The van der Waals surface area contributed by atoms with E-state index in [2.05, 4.69) is 4.74 Å². The maximum atomic E-state index is 11.8. The second kappa shape index (κ2) is 4.55. The Kier molecular flexibility index (Phi) is 3.37. The van der Waals surface area contributed by atoms with Gasteiger partial charge in [0.25, 0.3) is 10.1 Å². The zero-order chi connectivity index (χ0) is 13.5. The Bertz CT molecular complexity index is 492. The van der Waals surface area contributed by atoms with Crippen LogP contribution < -0.4 is 0 Å². The van der Waals surface area contributed by atoms with Crippen LogP contribution in [0.3, 0.4) is 0 Å². The smallest absolute Gasteiger partial charge is 0.312 e. The molecule has 2 rings (SSSR count). The van der Waals surface area contributed by atoms with Crippen molar-refractivity contribution in [2.75, 3.05) is 7.11 Å². The van der Waals surface area contributed by atoms with Crippen molar-refractivity contribution < 1.29 is 26.9 Å². The Morgan fingerprint density at radius 1 is 1.44 bits per heavy atom. The summed E-state index contributed by atoms with van der Waals surface area (Å²) in [5.41, 5.74) is 0. The van der Waals surface area contributed by atoms with Gasteiger partial charge in [-0.15, -0.1) is 0 Å². The Balaban J connectivity index is 2.18. The molecule has 2 aliphatic rings. The van der Waals surface area contributed by atoms with Crippen LogP contribution in [0.15, 0.2) is 10.7 Å². The van der Waals surface area contributed by atoms with E-state index in [0.29, 0.717) is 12.2 Å². The van der Waals surface area contributed by atoms with E-state index < -0.39 is 34.2 Å². The lowest BCUT2D eigenvalue weighted by molar-refractivity contribution is -0.148. The van der Waals surface area contributed by atoms with Gasteiger partial charge in [0.05, 0.1) is 19.1 Å². The molecule has 3 atom stereocenters. The van der Waals surface area contributed by atoms with Crippen LogP contribution in [-0.4, -0.2) is 33.7 Å². The molecule has 0 radical (unpaired) electrons. The molecule has 0 aliphatic carbocycles. The van der Waals surface area contributed by atoms with Gasteiger partial charge in [-0.1, -0.05) is 0 Å². The van der Waals surface area contributed by atoms with E-state index >= 15 is 0 Å². The highest BCUT2D eigenvalue weighted by Crippen LogP contribution is 2.39. The summed E-state index contributed by atoms with van der Waals surface area (Å²) >= 11 is 0. The third-order valence-corrected chi connectivity index (χ3v) is 4.77. The molecule has 0 saturated heterocycles. The molecule has 6 nitrogen and oxygen atoms in total. The predicted octanol–water partition coefficient (Wildman–Crippen LogP) is 0.935. The van der Waals surface area contributed by atoms with Crippen molar-refractivity contribution in [1.29, 1.82) is 0 Å². The van der Waals surface area contributed by atoms with Gasteiger partial charge in [0.1, 0.15) is 16.8 Å². The first-order valence-electron chi connectivity index (χ1n) is 5.75. The van der Waals surface area contributed by atoms with Crippen LogP contribution in [0, 0.1) is 5.92 Å². The summed E-state index contributed by atoms with van der Waals surface area (Å²) < 4.78 is 38.7. The zero-order valence-corrected chi connectivity index (χ0v) is 11.3. The average Bonchev–Trinajstić information content (AvgIpc) is 2.70. The van der Waals surface area contributed by atoms with Crippen molar-refractivity contribution >= 4 is 16.1 Å². The quantitative estimate of drug-likeness (QED) is 0.551. The first-order valence-corrected chi connectivity index (χ1v) is 7.15. The molecular formula is C11H16O6S. The van der Waals surface area contributed by atoms with E-state index in [1.165, 1.54) is 7.11 Å². The van der Waals surface area contributed by atoms with Gasteiger partial charge in [0, 0.05) is 12.8 Å². The first kappa shape index (κ1) is 13.4. The van der Waals surface area contributed by atoms with Crippen LogP contribution in [0.25, 0.3) is 0 Å². The van der Waals surface area contributed by atoms with Crippen molar-refractivity contribution in [3.63, 3.8) is 0 Å². The summed E-state index contributed by atoms with van der Waals surface area (Å²) in [4.78, 5) is 11.6. The van der Waals surface area contributed by atoms with E-state index in [1.807, 2.05) is 0 Å². The van der Waals surface area contributed by atoms with Crippen LogP contribution >= 0.6 is 0 Å². The minimum Gasteiger partial charge on any atom is -0.492 e. The highest BCUT2D eigenvalue weighted by Gasteiger charge is 2.43. The molecule has 102 valence electrons. The van der Waals surface area contributed by atoms with Gasteiger partial charge in [0.2, 0.25) is 0 Å². The van der Waals surface area contributed by atoms with Gasteiger partial charge in [-0.3, -0.25) is 8.98 Å². The molecule has 2 heterocycles. The summed E-state index contributed by atoms with van der Waals surface area (Å²) in [5.74, 6) is -0.494. The average molecular weight is 276 g/mol. The van der Waals surface area contributed by atoms with Crippen LogP contribution in [0.2, 0.25) is 0 Å². The number of methoxy groups -OCH3 is 1. The summed E-state index contributed by atoms with van der Waals surface area (Å²) in [6.07, 6.45) is -0.341. The number of rotatable bonds is 2. The lowest BCUT2D eigenvalue weighted by Crippen LogP contribution is -2.26. The van der Waals surface area contributed by atoms with E-state index in [-0.39, 0.29) is 11.3 Å². The maximum absolute atomic E-state index is 11.8. The summed E-state index contributed by atoms with van der Waals surface area (Å²) in [6.45, 7) is 3.33. The predicted molar refractivity (Wildman–Crippen MR) is 61.8 cm³/mol. The van der Waals surface area contributed by atoms with Crippen molar-refractivity contribution in [2.24, 2.45) is 5.92 Å². The molecule has 0 aromatic carbocycles. The van der Waals surface area contributed by atoms with E-state index in [9.17, 15) is 13.2 Å². The van der Waals surface area contributed by atoms with Gasteiger partial charge in [-0.2, -0.15) is 8.42 Å². The van der Waals surface area contributed by atoms with Crippen LogP contribution in [0.5, 0.6) is 0 Å². The van der Waals surface area contributed by atoms with Crippen molar-refractivity contribution in [1.82, 2.24) is 0 Å². The Morgan fingerprint density at radius 2 is 2.11 bits per heavy atom. The normalized spacial score (nSPS) is 31.5. The van der Waals surface area contributed by atoms with Gasteiger partial charge >= 0.3 is 5.97 Å². The SMILES string of the molecule is COC(=O)[C@@H](C)[C@@H]1CC2=C(C[C@@H](C)OS2(=O)=O)O1. The number of carbonyl (C=O) groups excluding carboxylic acids is 1. The molecule has 0 saturated carbocycles. The molecule has 0 aromatic heterocycles. The molecule has 0 spiro atoms. The fraction of sp³-hybridized carbons (Fsp3) is 0.727. The Labute approximate surface area is 106 Å². The lowest BCUT2D eigenvalue weighted by Gasteiger charge is -2.20. The number of ether oxygens (including phenoxy) is 2. The highest BCUT2D eigenvalue weighted by molar-refractivity contribution is 7.90. The topological polar surface area (TPSA) is 78.9 Å². The second-order valence-electron chi connectivity index (χ2n) is 4.58. The molecular weight excluding hydrogens is 260 g/mol. The Hall–Kier alpha value is -1.08. The molecule has 0 fully saturated rings. The molecule has 0 bridgehead atoms. The molecule has 0 aromatic rings. The minimum atomic E-state index is -3.71. The molecule has 0 N–H and O–H groups in total. The number of carbonyl (C=O) groups is 1. The van der Waals surface area contributed by atoms with Gasteiger partial charge in [0.15, 0.2) is 0 Å². The number of esters is 1. The zero-order valence-electron chi connectivity index (χ0n) is 10.5. The van der Waals surface area contributed by atoms with Gasteiger partial charge in [-0.25, -0.2) is 0 Å². The number of hydrogen-bond acceptors (Lipinski definition) is 6. The van der Waals surface area contributed by atoms with Crippen LogP contribution in [-0.2, 0) is 28.6 Å². The molecule has 2 aliphatic heterocycles. The van der Waals surface area contributed by atoms with Gasteiger partial charge < -0.3 is 9.47 Å². The van der Waals surface area contributed by atoms with E-state index in [1.54, 1.807) is 13.8 Å². The minimum absolute atomic E-state index is 0.167. The van der Waals surface area contributed by atoms with Crippen molar-refractivity contribution in [3.05, 3.63) is 10.7 Å². The largest absolute Gasteiger partial charge is 0.492 e. The van der Waals surface area contributed by atoms with Crippen LogP contribution in [0.4, 0.5) is 0 Å². The third-order valence-electron chi connectivity index (χ3n) is 3.19. The fourth-order valence-corrected chi connectivity index (χ4v) is 3.57. The standard InChI is InChI=1S/C11H16O6S/c1-6-4-9-10(18(13,14)17-6)5-8(16-9)7(2)11(12)15-3/h6-8H,4-5H2,1-3H3/t6-,7+,8+/m1/s1. The lowest BCUT2D eigenvalue weighted by atomic mass is 10.0. The van der Waals surface area contributed by atoms with Gasteiger partial charge in [-0.05, 0) is 13.8 Å². The monoisotopic (exact) mass is 276 g/mol. The van der Waals surface area contributed by atoms with E-state index in [0.717, 1.165) is 0 Å². The molecule has 0 amide bonds. The molecule has 18 heavy (non-hydrogen) atoms. The third kappa shape index (κ3) is 2.24. The molecule has 0 unspecified atom stereocenters. The van der Waals surface area contributed by atoms with Crippen molar-refractivity contribution in [3.8, 4) is 0 Å². The Morgan fingerprint density at radius 3 is 2.72 bits per heavy atom. The second-order valence-corrected chi connectivity index (χ2v) is 6.18. The summed E-state index contributed by atoms with van der Waals surface area (Å²) in [7, 11) is -2.41. The summed E-state index contributed by atoms with van der Waals surface area (Å²) in [5, 5.41) is 0. The van der Waals surface area contributed by atoms with E-state index in [4.69, 9.17) is 8.92 Å². The van der Waals surface area contributed by atoms with Crippen molar-refractivity contribution in [2.45, 2.75) is 38.9 Å². The fourth-order valence-electron chi connectivity index (χ4n) is 2.18. The highest BCUT2D eigenvalue weighted by atomic mass is 32.2. The maximum Gasteiger partial charge on any atom is 0.312 e. The van der Waals surface area contributed by atoms with Crippen LogP contribution in [0.1, 0.15) is 26.7 Å². The molecule has 7 heteroatoms.